The maximum atomic E-state index is 12.0. The lowest BCUT2D eigenvalue weighted by Crippen LogP contribution is -2.59. The highest BCUT2D eigenvalue weighted by Gasteiger charge is 2.80. The van der Waals surface area contributed by atoms with Gasteiger partial charge in [-0.3, -0.25) is 4.18 Å². The fourth-order valence-electron chi connectivity index (χ4n) is 4.43. The van der Waals surface area contributed by atoms with Crippen molar-refractivity contribution in [1.82, 2.24) is 0 Å². The van der Waals surface area contributed by atoms with Crippen molar-refractivity contribution in [3.63, 3.8) is 0 Å². The van der Waals surface area contributed by atoms with Gasteiger partial charge in [0.2, 0.25) is 0 Å². The van der Waals surface area contributed by atoms with Crippen LogP contribution in [-0.4, -0.2) is 44.2 Å². The lowest BCUT2D eigenvalue weighted by Gasteiger charge is -2.49. The molecule has 3 aliphatic carbocycles. The average molecular weight is 260 g/mol. The van der Waals surface area contributed by atoms with Gasteiger partial charge in [0.25, 0.3) is 10.1 Å². The Morgan fingerprint density at radius 2 is 2.24 bits per heavy atom. The molecule has 0 aromatic carbocycles. The Morgan fingerprint density at radius 1 is 1.41 bits per heavy atom. The van der Waals surface area contributed by atoms with Crippen LogP contribution in [0.4, 0.5) is 0 Å². The molecule has 4 fully saturated rings. The van der Waals surface area contributed by atoms with Gasteiger partial charge in [-0.25, -0.2) is 0 Å². The van der Waals surface area contributed by atoms with Gasteiger partial charge < -0.3 is 9.84 Å². The predicted octanol–water partition coefficient (Wildman–Crippen LogP) is -0.109. The van der Waals surface area contributed by atoms with E-state index >= 15 is 0 Å². The summed E-state index contributed by atoms with van der Waals surface area (Å²) in [5, 5.41) is 8.46. The van der Waals surface area contributed by atoms with E-state index < -0.39 is 10.1 Å². The van der Waals surface area contributed by atoms with Gasteiger partial charge in [-0.05, 0) is 31.1 Å². The minimum Gasteiger partial charge on any atom is -0.394 e. The van der Waals surface area contributed by atoms with Crippen LogP contribution in [0.5, 0.6) is 0 Å². The molecule has 0 aromatic rings. The van der Waals surface area contributed by atoms with Crippen molar-refractivity contribution < 1.29 is 22.4 Å². The number of aliphatic hydroxyl groups is 1. The topological polar surface area (TPSA) is 72.8 Å². The van der Waals surface area contributed by atoms with Crippen molar-refractivity contribution in [2.75, 3.05) is 13.2 Å². The molecule has 4 aliphatic rings. The second-order valence-corrected chi connectivity index (χ2v) is 7.53. The van der Waals surface area contributed by atoms with Crippen LogP contribution in [0, 0.1) is 17.3 Å². The first-order chi connectivity index (χ1) is 8.09. The van der Waals surface area contributed by atoms with E-state index in [-0.39, 0.29) is 36.1 Å². The first-order valence-electron chi connectivity index (χ1n) is 6.24. The molecule has 4 rings (SSSR count). The standard InChI is InChI=1S/C11H16O5S/c12-1-2-15-8-5-11-7-3-6(7)4-9(11)17(13,14)16-10(8)11/h6-10,12H,1-5H2. The maximum absolute atomic E-state index is 12.0. The number of rotatable bonds is 3. The first kappa shape index (κ1) is 10.7. The van der Waals surface area contributed by atoms with Crippen LogP contribution in [0.3, 0.4) is 0 Å². The van der Waals surface area contributed by atoms with E-state index in [0.717, 1.165) is 12.8 Å². The third kappa shape index (κ3) is 1.13. The lowest BCUT2D eigenvalue weighted by molar-refractivity contribution is -0.164. The molecule has 1 heterocycles. The molecular formula is C11H16O5S. The highest BCUT2D eigenvalue weighted by molar-refractivity contribution is 7.87. The molecular weight excluding hydrogens is 244 g/mol. The third-order valence-corrected chi connectivity index (χ3v) is 6.96. The molecule has 1 saturated heterocycles. The van der Waals surface area contributed by atoms with Gasteiger partial charge in [-0.1, -0.05) is 0 Å². The van der Waals surface area contributed by atoms with Crippen molar-refractivity contribution >= 4 is 10.1 Å². The molecule has 5 nitrogen and oxygen atoms in total. The first-order valence-corrected chi connectivity index (χ1v) is 7.71. The number of ether oxygens (including phenoxy) is 1. The monoisotopic (exact) mass is 260 g/mol. The summed E-state index contributed by atoms with van der Waals surface area (Å²) in [6.07, 6.45) is 2.33. The molecule has 96 valence electrons. The molecule has 1 N–H and O–H groups in total. The van der Waals surface area contributed by atoms with Crippen LogP contribution in [0.25, 0.3) is 0 Å². The molecule has 0 amide bonds. The van der Waals surface area contributed by atoms with Crippen molar-refractivity contribution in [2.24, 2.45) is 17.3 Å². The van der Waals surface area contributed by atoms with Crippen LogP contribution in [0.1, 0.15) is 19.3 Å². The van der Waals surface area contributed by atoms with E-state index in [0.29, 0.717) is 11.8 Å². The Bertz CT molecular complexity index is 460. The van der Waals surface area contributed by atoms with E-state index in [1.54, 1.807) is 0 Å². The molecule has 17 heavy (non-hydrogen) atoms. The summed E-state index contributed by atoms with van der Waals surface area (Å²) in [6.45, 7) is 0.234. The van der Waals surface area contributed by atoms with Crippen LogP contribution < -0.4 is 0 Å². The highest BCUT2D eigenvalue weighted by Crippen LogP contribution is 2.74. The van der Waals surface area contributed by atoms with Crippen LogP contribution in [0.2, 0.25) is 0 Å². The minimum absolute atomic E-state index is 0.0293. The Kier molecular flexibility index (Phi) is 1.92. The zero-order valence-electron chi connectivity index (χ0n) is 9.41. The Balaban J connectivity index is 1.63. The van der Waals surface area contributed by atoms with Gasteiger partial charge >= 0.3 is 0 Å². The Hall–Kier alpha value is -0.170. The molecule has 6 atom stereocenters. The normalized spacial score (nSPS) is 56.9. The SMILES string of the molecule is O=S1(=O)OC2C(OCCO)CC23C2CC2CC31. The quantitative estimate of drug-likeness (QED) is 0.717. The number of aliphatic hydroxyl groups excluding tert-OH is 1. The molecule has 0 bridgehead atoms. The minimum atomic E-state index is -3.37. The molecule has 6 unspecified atom stereocenters. The fourth-order valence-corrected chi connectivity index (χ4v) is 6.59. The molecule has 1 aliphatic heterocycles. The molecule has 6 heteroatoms. The number of fused-ring (bicyclic) bond motifs is 1. The second-order valence-electron chi connectivity index (χ2n) is 5.79. The van der Waals surface area contributed by atoms with Crippen LogP contribution in [-0.2, 0) is 19.0 Å². The summed E-state index contributed by atoms with van der Waals surface area (Å²) in [6, 6.07) is 0. The maximum Gasteiger partial charge on any atom is 0.271 e. The van der Waals surface area contributed by atoms with Crippen LogP contribution >= 0.6 is 0 Å². The smallest absolute Gasteiger partial charge is 0.271 e. The van der Waals surface area contributed by atoms with Gasteiger partial charge in [-0.15, -0.1) is 0 Å². The second kappa shape index (κ2) is 3.04. The van der Waals surface area contributed by atoms with Crippen molar-refractivity contribution in [1.29, 1.82) is 0 Å². The van der Waals surface area contributed by atoms with E-state index in [4.69, 9.17) is 14.0 Å². The van der Waals surface area contributed by atoms with Gasteiger partial charge in [-0.2, -0.15) is 8.42 Å². The number of hydrogen-bond donors (Lipinski definition) is 1. The predicted molar refractivity (Wildman–Crippen MR) is 57.7 cm³/mol. The average Bonchev–Trinajstić information content (AvgIpc) is 2.92. The van der Waals surface area contributed by atoms with Crippen molar-refractivity contribution in [3.8, 4) is 0 Å². The summed E-state index contributed by atoms with van der Waals surface area (Å²) in [4.78, 5) is 0. The molecule has 0 radical (unpaired) electrons. The fraction of sp³-hybridized carbons (Fsp3) is 1.00. The lowest BCUT2D eigenvalue weighted by atomic mass is 9.60. The largest absolute Gasteiger partial charge is 0.394 e. The van der Waals surface area contributed by atoms with Gasteiger partial charge in [0.15, 0.2) is 0 Å². The van der Waals surface area contributed by atoms with Crippen LogP contribution in [0.15, 0.2) is 0 Å². The van der Waals surface area contributed by atoms with Crippen molar-refractivity contribution in [3.05, 3.63) is 0 Å². The van der Waals surface area contributed by atoms with Crippen molar-refractivity contribution in [2.45, 2.75) is 36.7 Å². The van der Waals surface area contributed by atoms with E-state index in [1.165, 1.54) is 6.42 Å². The van der Waals surface area contributed by atoms with E-state index in [2.05, 4.69) is 0 Å². The highest BCUT2D eigenvalue weighted by atomic mass is 32.2. The molecule has 3 saturated carbocycles. The molecule has 1 spiro atoms. The van der Waals surface area contributed by atoms with E-state index in [9.17, 15) is 8.42 Å². The summed E-state index contributed by atoms with van der Waals surface area (Å²) >= 11 is 0. The Morgan fingerprint density at radius 3 is 3.00 bits per heavy atom. The Labute approximate surface area is 100 Å². The van der Waals surface area contributed by atoms with E-state index in [1.807, 2.05) is 0 Å². The van der Waals surface area contributed by atoms with Gasteiger partial charge in [0.1, 0.15) is 6.10 Å². The summed E-state index contributed by atoms with van der Waals surface area (Å²) in [7, 11) is -3.37. The summed E-state index contributed by atoms with van der Waals surface area (Å²) in [5.74, 6) is 1.16. The van der Waals surface area contributed by atoms with Gasteiger partial charge in [0, 0.05) is 5.41 Å². The zero-order chi connectivity index (χ0) is 11.8. The van der Waals surface area contributed by atoms with Gasteiger partial charge in [0.05, 0.1) is 24.6 Å². The zero-order valence-corrected chi connectivity index (χ0v) is 10.2. The third-order valence-electron chi connectivity index (χ3n) is 5.16. The summed E-state index contributed by atoms with van der Waals surface area (Å²) in [5.41, 5.74) is -0.135. The summed E-state index contributed by atoms with van der Waals surface area (Å²) < 4.78 is 34.7. The number of hydrogen-bond acceptors (Lipinski definition) is 5. The molecule has 0 aromatic heterocycles.